The van der Waals surface area contributed by atoms with Crippen LogP contribution in [0.15, 0.2) is 42.5 Å². The first-order valence-corrected chi connectivity index (χ1v) is 7.06. The molecule has 0 aromatic heterocycles. The lowest BCUT2D eigenvalue weighted by molar-refractivity contribution is 0.572. The van der Waals surface area contributed by atoms with Gasteiger partial charge in [-0.15, -0.1) is 0 Å². The lowest BCUT2D eigenvalue weighted by Crippen LogP contribution is -2.18. The first kappa shape index (κ1) is 14.4. The van der Waals surface area contributed by atoms with E-state index in [1.165, 1.54) is 11.1 Å². The van der Waals surface area contributed by atoms with E-state index < -0.39 is 0 Å². The van der Waals surface area contributed by atoms with Crippen molar-refractivity contribution in [3.63, 3.8) is 0 Å². The molecule has 2 aromatic carbocycles. The van der Waals surface area contributed by atoms with E-state index in [0.717, 1.165) is 12.1 Å². The molecule has 0 spiro atoms. The van der Waals surface area contributed by atoms with Crippen LogP contribution in [0.2, 0.25) is 10.0 Å². The Balaban J connectivity index is 2.02. The average molecular weight is 294 g/mol. The van der Waals surface area contributed by atoms with Gasteiger partial charge in [-0.2, -0.15) is 0 Å². The number of hydrogen-bond donors (Lipinski definition) is 1. The molecule has 1 atom stereocenters. The average Bonchev–Trinajstić information content (AvgIpc) is 2.40. The van der Waals surface area contributed by atoms with Crippen LogP contribution in [0.3, 0.4) is 0 Å². The van der Waals surface area contributed by atoms with Gasteiger partial charge in [-0.05, 0) is 42.7 Å². The molecule has 1 N–H and O–H groups in total. The monoisotopic (exact) mass is 293 g/mol. The second kappa shape index (κ2) is 6.42. The smallest absolute Gasteiger partial charge is 0.0595 e. The molecular weight excluding hydrogens is 277 g/mol. The maximum Gasteiger partial charge on any atom is 0.0595 e. The zero-order chi connectivity index (χ0) is 13.8. The summed E-state index contributed by atoms with van der Waals surface area (Å²) in [4.78, 5) is 0. The van der Waals surface area contributed by atoms with Crippen molar-refractivity contribution in [2.75, 3.05) is 0 Å². The second-order valence-corrected chi connectivity index (χ2v) is 5.52. The summed E-state index contributed by atoms with van der Waals surface area (Å²) in [7, 11) is 0. The van der Waals surface area contributed by atoms with E-state index in [-0.39, 0.29) is 0 Å². The van der Waals surface area contributed by atoms with Crippen molar-refractivity contribution in [1.82, 2.24) is 5.32 Å². The highest BCUT2D eigenvalue weighted by Crippen LogP contribution is 2.23. The third-order valence-corrected chi connectivity index (χ3v) is 3.99. The normalized spacial score (nSPS) is 12.4. The summed E-state index contributed by atoms with van der Waals surface area (Å²) in [6.07, 6.45) is 0. The van der Waals surface area contributed by atoms with Crippen molar-refractivity contribution in [3.05, 3.63) is 69.2 Å². The van der Waals surface area contributed by atoms with E-state index in [1.54, 1.807) is 0 Å². The Morgan fingerprint density at radius 3 is 2.47 bits per heavy atom. The van der Waals surface area contributed by atoms with E-state index in [9.17, 15) is 0 Å². The van der Waals surface area contributed by atoms with Crippen LogP contribution in [-0.4, -0.2) is 0 Å². The van der Waals surface area contributed by atoms with Crippen LogP contribution in [0.5, 0.6) is 0 Å². The molecule has 100 valence electrons. The molecule has 0 amide bonds. The maximum atomic E-state index is 6.01. The third-order valence-electron chi connectivity index (χ3n) is 3.25. The molecule has 0 saturated carbocycles. The van der Waals surface area contributed by atoms with Crippen LogP contribution in [0.25, 0.3) is 0 Å². The molecule has 2 aromatic rings. The SMILES string of the molecule is Cc1ccccc1[C@@H](C)NCc1ccc(Cl)c(Cl)c1. The summed E-state index contributed by atoms with van der Waals surface area (Å²) in [6, 6.07) is 14.4. The Kier molecular flexibility index (Phi) is 4.87. The maximum absolute atomic E-state index is 6.01. The molecule has 0 aliphatic heterocycles. The molecule has 0 heterocycles. The predicted molar refractivity (Wildman–Crippen MR) is 82.9 cm³/mol. The van der Waals surface area contributed by atoms with Gasteiger partial charge >= 0.3 is 0 Å². The van der Waals surface area contributed by atoms with Crippen molar-refractivity contribution in [2.45, 2.75) is 26.4 Å². The summed E-state index contributed by atoms with van der Waals surface area (Å²) >= 11 is 11.9. The van der Waals surface area contributed by atoms with Crippen LogP contribution >= 0.6 is 23.2 Å². The Morgan fingerprint density at radius 1 is 1.05 bits per heavy atom. The van der Waals surface area contributed by atoms with E-state index in [2.05, 4.69) is 43.4 Å². The minimum atomic E-state index is 0.302. The third kappa shape index (κ3) is 3.73. The molecule has 0 fully saturated rings. The molecule has 0 aliphatic rings. The van der Waals surface area contributed by atoms with Gasteiger partial charge in [0.1, 0.15) is 0 Å². The van der Waals surface area contributed by atoms with Gasteiger partial charge in [-0.25, -0.2) is 0 Å². The molecule has 0 radical (unpaired) electrons. The highest BCUT2D eigenvalue weighted by Gasteiger charge is 2.07. The van der Waals surface area contributed by atoms with Crippen LogP contribution in [0.1, 0.15) is 29.7 Å². The quantitative estimate of drug-likeness (QED) is 0.822. The molecule has 0 saturated heterocycles. The minimum absolute atomic E-state index is 0.302. The number of nitrogens with one attached hydrogen (secondary N) is 1. The number of halogens is 2. The summed E-state index contributed by atoms with van der Waals surface area (Å²) in [5.41, 5.74) is 3.76. The molecule has 1 nitrogen and oxygen atoms in total. The van der Waals surface area contributed by atoms with Crippen molar-refractivity contribution in [2.24, 2.45) is 0 Å². The molecule has 3 heteroatoms. The predicted octanol–water partition coefficient (Wildman–Crippen LogP) is 5.15. The number of benzene rings is 2. The van der Waals surface area contributed by atoms with E-state index in [1.807, 2.05) is 18.2 Å². The fourth-order valence-corrected chi connectivity index (χ4v) is 2.42. The van der Waals surface area contributed by atoms with Gasteiger partial charge < -0.3 is 5.32 Å². The van der Waals surface area contributed by atoms with Gasteiger partial charge in [0, 0.05) is 12.6 Å². The lowest BCUT2D eigenvalue weighted by atomic mass is 10.0. The van der Waals surface area contributed by atoms with Crippen LogP contribution < -0.4 is 5.32 Å². The number of aryl methyl sites for hydroxylation is 1. The molecule has 19 heavy (non-hydrogen) atoms. The highest BCUT2D eigenvalue weighted by molar-refractivity contribution is 6.42. The second-order valence-electron chi connectivity index (χ2n) is 4.71. The largest absolute Gasteiger partial charge is 0.306 e. The van der Waals surface area contributed by atoms with Gasteiger partial charge in [0.2, 0.25) is 0 Å². The summed E-state index contributed by atoms with van der Waals surface area (Å²) in [5, 5.41) is 4.70. The summed E-state index contributed by atoms with van der Waals surface area (Å²) in [5.74, 6) is 0. The Labute approximate surface area is 124 Å². The summed E-state index contributed by atoms with van der Waals surface area (Å²) in [6.45, 7) is 5.07. The molecule has 0 bridgehead atoms. The first-order valence-electron chi connectivity index (χ1n) is 6.31. The minimum Gasteiger partial charge on any atom is -0.306 e. The molecule has 0 unspecified atom stereocenters. The van der Waals surface area contributed by atoms with Crippen LogP contribution in [0.4, 0.5) is 0 Å². The van der Waals surface area contributed by atoms with E-state index >= 15 is 0 Å². The zero-order valence-corrected chi connectivity index (χ0v) is 12.6. The molecular formula is C16H17Cl2N. The number of hydrogen-bond acceptors (Lipinski definition) is 1. The van der Waals surface area contributed by atoms with Gasteiger partial charge in [-0.3, -0.25) is 0 Å². The van der Waals surface area contributed by atoms with Crippen molar-refractivity contribution >= 4 is 23.2 Å². The van der Waals surface area contributed by atoms with Gasteiger partial charge in [-0.1, -0.05) is 53.5 Å². The van der Waals surface area contributed by atoms with Gasteiger partial charge in [0.15, 0.2) is 0 Å². The fraction of sp³-hybridized carbons (Fsp3) is 0.250. The zero-order valence-electron chi connectivity index (χ0n) is 11.1. The standard InChI is InChI=1S/C16H17Cl2N/c1-11-5-3-4-6-14(11)12(2)19-10-13-7-8-15(17)16(18)9-13/h3-9,12,19H,10H2,1-2H3/t12-/m1/s1. The highest BCUT2D eigenvalue weighted by atomic mass is 35.5. The summed E-state index contributed by atoms with van der Waals surface area (Å²) < 4.78 is 0. The van der Waals surface area contributed by atoms with Crippen molar-refractivity contribution in [3.8, 4) is 0 Å². The van der Waals surface area contributed by atoms with E-state index in [0.29, 0.717) is 16.1 Å². The van der Waals surface area contributed by atoms with Crippen LogP contribution in [0, 0.1) is 6.92 Å². The topological polar surface area (TPSA) is 12.0 Å². The van der Waals surface area contributed by atoms with Gasteiger partial charge in [0.05, 0.1) is 10.0 Å². The molecule has 2 rings (SSSR count). The number of rotatable bonds is 4. The Hall–Kier alpha value is -1.02. The van der Waals surface area contributed by atoms with Crippen molar-refractivity contribution < 1.29 is 0 Å². The van der Waals surface area contributed by atoms with Crippen molar-refractivity contribution in [1.29, 1.82) is 0 Å². The Morgan fingerprint density at radius 2 is 1.79 bits per heavy atom. The Bertz CT molecular complexity index is 566. The fourth-order valence-electron chi connectivity index (χ4n) is 2.10. The first-order chi connectivity index (χ1) is 9.08. The van der Waals surface area contributed by atoms with Crippen LogP contribution in [-0.2, 0) is 6.54 Å². The lowest BCUT2D eigenvalue weighted by Gasteiger charge is -2.16. The molecule has 0 aliphatic carbocycles. The van der Waals surface area contributed by atoms with E-state index in [4.69, 9.17) is 23.2 Å². The van der Waals surface area contributed by atoms with Gasteiger partial charge in [0.25, 0.3) is 0 Å².